The van der Waals surface area contributed by atoms with Crippen molar-refractivity contribution in [2.24, 2.45) is 0 Å². The summed E-state index contributed by atoms with van der Waals surface area (Å²) in [5.74, 6) is -6.26. The number of halogens is 3. The van der Waals surface area contributed by atoms with Crippen LogP contribution >= 0.6 is 0 Å². The number of rotatable bonds is 4. The van der Waals surface area contributed by atoms with E-state index < -0.39 is 40.9 Å². The van der Waals surface area contributed by atoms with Crippen LogP contribution in [0.4, 0.5) is 18.9 Å². The maximum atomic E-state index is 13.8. The predicted molar refractivity (Wildman–Crippen MR) is 93.6 cm³/mol. The maximum Gasteiger partial charge on any atom is 0.261 e. The van der Waals surface area contributed by atoms with Crippen LogP contribution in [0.3, 0.4) is 0 Å². The molecule has 4 rings (SSSR count). The standard InChI is InChI=1S/C20H11F3N2O4/c21-14-5-6-15(17(23)16(14)22)24-18(26)10-3-4-12-13(8-10)20(28)25(19(12)27)9-11-2-1-7-29-11/h1-8H,9H2,(H,24,26). The molecule has 3 amide bonds. The second-order valence-corrected chi connectivity index (χ2v) is 6.21. The summed E-state index contributed by atoms with van der Waals surface area (Å²) in [6.45, 7) is -0.0685. The number of imide groups is 1. The summed E-state index contributed by atoms with van der Waals surface area (Å²) in [7, 11) is 0. The number of carbonyl (C=O) groups is 3. The van der Waals surface area contributed by atoms with Crippen molar-refractivity contribution in [3.8, 4) is 0 Å². The minimum atomic E-state index is -1.72. The Morgan fingerprint density at radius 3 is 2.45 bits per heavy atom. The van der Waals surface area contributed by atoms with Crippen LogP contribution in [0.2, 0.25) is 0 Å². The second-order valence-electron chi connectivity index (χ2n) is 6.21. The monoisotopic (exact) mass is 400 g/mol. The van der Waals surface area contributed by atoms with Gasteiger partial charge in [0.1, 0.15) is 5.76 Å². The van der Waals surface area contributed by atoms with E-state index in [4.69, 9.17) is 4.42 Å². The number of nitrogens with one attached hydrogen (secondary N) is 1. The number of anilines is 1. The van der Waals surface area contributed by atoms with Gasteiger partial charge in [0.25, 0.3) is 17.7 Å². The average molecular weight is 400 g/mol. The number of benzene rings is 2. The third kappa shape index (κ3) is 3.16. The minimum Gasteiger partial charge on any atom is -0.467 e. The molecule has 1 aliphatic rings. The first-order chi connectivity index (χ1) is 13.9. The number of amides is 3. The molecule has 0 saturated heterocycles. The normalized spacial score (nSPS) is 13.0. The Hall–Kier alpha value is -3.88. The lowest BCUT2D eigenvalue weighted by atomic mass is 10.1. The molecule has 1 aliphatic heterocycles. The molecule has 2 heterocycles. The van der Waals surface area contributed by atoms with Gasteiger partial charge in [-0.1, -0.05) is 0 Å². The first kappa shape index (κ1) is 18.5. The van der Waals surface area contributed by atoms with Gasteiger partial charge in [0.05, 0.1) is 29.6 Å². The van der Waals surface area contributed by atoms with E-state index in [1.165, 1.54) is 24.5 Å². The van der Waals surface area contributed by atoms with Gasteiger partial charge >= 0.3 is 0 Å². The van der Waals surface area contributed by atoms with Crippen LogP contribution in [0.15, 0.2) is 53.1 Å². The summed E-state index contributed by atoms with van der Waals surface area (Å²) >= 11 is 0. The molecular weight excluding hydrogens is 389 g/mol. The van der Waals surface area contributed by atoms with Crippen molar-refractivity contribution in [2.75, 3.05) is 5.32 Å². The molecule has 0 spiro atoms. The van der Waals surface area contributed by atoms with E-state index in [-0.39, 0.29) is 23.2 Å². The highest BCUT2D eigenvalue weighted by Gasteiger charge is 2.36. The van der Waals surface area contributed by atoms with Crippen LogP contribution in [0.5, 0.6) is 0 Å². The van der Waals surface area contributed by atoms with Crippen molar-refractivity contribution >= 4 is 23.4 Å². The summed E-state index contributed by atoms with van der Waals surface area (Å²) in [6, 6.07) is 8.53. The van der Waals surface area contributed by atoms with Crippen LogP contribution < -0.4 is 5.32 Å². The molecule has 29 heavy (non-hydrogen) atoms. The molecule has 1 aromatic heterocycles. The molecule has 3 aromatic rings. The Morgan fingerprint density at radius 2 is 1.72 bits per heavy atom. The molecule has 0 atom stereocenters. The molecule has 0 aliphatic carbocycles. The second kappa shape index (κ2) is 6.93. The van der Waals surface area contributed by atoms with Crippen LogP contribution in [0.25, 0.3) is 0 Å². The van der Waals surface area contributed by atoms with Crippen molar-refractivity contribution in [1.29, 1.82) is 0 Å². The van der Waals surface area contributed by atoms with Crippen LogP contribution in [-0.4, -0.2) is 22.6 Å². The van der Waals surface area contributed by atoms with E-state index in [0.717, 1.165) is 11.0 Å². The Kier molecular flexibility index (Phi) is 4.42. The zero-order chi connectivity index (χ0) is 20.7. The third-order valence-electron chi connectivity index (χ3n) is 4.41. The highest BCUT2D eigenvalue weighted by atomic mass is 19.2. The van der Waals surface area contributed by atoms with Gasteiger partial charge in [-0.3, -0.25) is 19.3 Å². The summed E-state index contributed by atoms with van der Waals surface area (Å²) in [4.78, 5) is 38.4. The van der Waals surface area contributed by atoms with E-state index >= 15 is 0 Å². The van der Waals surface area contributed by atoms with E-state index in [0.29, 0.717) is 11.8 Å². The molecule has 146 valence electrons. The van der Waals surface area contributed by atoms with E-state index in [1.807, 2.05) is 0 Å². The van der Waals surface area contributed by atoms with Gasteiger partial charge in [-0.2, -0.15) is 0 Å². The van der Waals surface area contributed by atoms with Gasteiger partial charge in [-0.05, 0) is 42.5 Å². The van der Waals surface area contributed by atoms with Gasteiger partial charge in [0, 0.05) is 5.56 Å². The molecule has 0 radical (unpaired) electrons. The molecule has 0 saturated carbocycles. The summed E-state index contributed by atoms with van der Waals surface area (Å²) in [6.07, 6.45) is 1.41. The summed E-state index contributed by atoms with van der Waals surface area (Å²) in [5.41, 5.74) is -0.512. The van der Waals surface area contributed by atoms with Crippen molar-refractivity contribution < 1.29 is 32.0 Å². The number of carbonyl (C=O) groups excluding carboxylic acids is 3. The van der Waals surface area contributed by atoms with Gasteiger partial charge in [-0.15, -0.1) is 0 Å². The van der Waals surface area contributed by atoms with Gasteiger partial charge in [0.2, 0.25) is 0 Å². The molecule has 6 nitrogen and oxygen atoms in total. The molecule has 9 heteroatoms. The summed E-state index contributed by atoms with van der Waals surface area (Å²) in [5, 5.41) is 2.11. The Morgan fingerprint density at radius 1 is 0.966 bits per heavy atom. The highest BCUT2D eigenvalue weighted by Crippen LogP contribution is 2.27. The van der Waals surface area contributed by atoms with Crippen molar-refractivity contribution in [3.63, 3.8) is 0 Å². The Bertz CT molecular complexity index is 1160. The summed E-state index contributed by atoms with van der Waals surface area (Å²) < 4.78 is 45.2. The van der Waals surface area contributed by atoms with E-state index in [2.05, 4.69) is 5.32 Å². The first-order valence-corrected chi connectivity index (χ1v) is 8.34. The van der Waals surface area contributed by atoms with E-state index in [9.17, 15) is 27.6 Å². The number of hydrogen-bond donors (Lipinski definition) is 1. The van der Waals surface area contributed by atoms with Crippen LogP contribution in [-0.2, 0) is 6.54 Å². The minimum absolute atomic E-state index is 0.0000326. The predicted octanol–water partition coefficient (Wildman–Crippen LogP) is 3.75. The third-order valence-corrected chi connectivity index (χ3v) is 4.41. The quantitative estimate of drug-likeness (QED) is 0.535. The van der Waals surface area contributed by atoms with Gasteiger partial charge in [-0.25, -0.2) is 13.2 Å². The molecule has 0 bridgehead atoms. The average Bonchev–Trinajstić information content (AvgIpc) is 3.31. The molecule has 1 N–H and O–H groups in total. The largest absolute Gasteiger partial charge is 0.467 e. The lowest BCUT2D eigenvalue weighted by molar-refractivity contribution is 0.0631. The molecule has 0 unspecified atom stereocenters. The lowest BCUT2D eigenvalue weighted by Gasteiger charge is -2.11. The Labute approximate surface area is 161 Å². The topological polar surface area (TPSA) is 79.6 Å². The maximum absolute atomic E-state index is 13.8. The fourth-order valence-electron chi connectivity index (χ4n) is 2.95. The zero-order valence-electron chi connectivity index (χ0n) is 14.5. The number of nitrogens with zero attached hydrogens (tertiary/aromatic N) is 1. The molecule has 0 fully saturated rings. The fourth-order valence-corrected chi connectivity index (χ4v) is 2.95. The lowest BCUT2D eigenvalue weighted by Crippen LogP contribution is -2.28. The van der Waals surface area contributed by atoms with Crippen molar-refractivity contribution in [1.82, 2.24) is 4.90 Å². The van der Waals surface area contributed by atoms with Crippen LogP contribution in [0, 0.1) is 17.5 Å². The zero-order valence-corrected chi connectivity index (χ0v) is 14.5. The van der Waals surface area contributed by atoms with E-state index in [1.54, 1.807) is 12.1 Å². The smallest absolute Gasteiger partial charge is 0.261 e. The van der Waals surface area contributed by atoms with Gasteiger partial charge in [0.15, 0.2) is 17.5 Å². The molecular formula is C20H11F3N2O4. The van der Waals surface area contributed by atoms with Gasteiger partial charge < -0.3 is 9.73 Å². The van der Waals surface area contributed by atoms with Crippen molar-refractivity contribution in [2.45, 2.75) is 6.54 Å². The first-order valence-electron chi connectivity index (χ1n) is 8.34. The SMILES string of the molecule is O=C(Nc1ccc(F)c(F)c1F)c1ccc2c(c1)C(=O)N(Cc1ccco1)C2=O. The number of furan rings is 1. The van der Waals surface area contributed by atoms with Crippen molar-refractivity contribution in [3.05, 3.63) is 88.6 Å². The molecule has 2 aromatic carbocycles. The number of fused-ring (bicyclic) bond motifs is 1. The highest BCUT2D eigenvalue weighted by molar-refractivity contribution is 6.22. The van der Waals surface area contributed by atoms with Crippen LogP contribution in [0.1, 0.15) is 36.8 Å². The number of hydrogen-bond acceptors (Lipinski definition) is 4. The fraction of sp³-hybridized carbons (Fsp3) is 0.0500. The Balaban J connectivity index is 1.59.